The Hall–Kier alpha value is -3.70. The van der Waals surface area contributed by atoms with E-state index in [1.54, 1.807) is 24.3 Å². The third-order valence-corrected chi connectivity index (χ3v) is 8.46. The third-order valence-electron chi connectivity index (χ3n) is 7.33. The summed E-state index contributed by atoms with van der Waals surface area (Å²) >= 11 is 1.49. The molecule has 0 amide bonds. The van der Waals surface area contributed by atoms with E-state index in [1.165, 1.54) is 42.4 Å². The summed E-state index contributed by atoms with van der Waals surface area (Å²) in [4.78, 5) is 21.3. The number of H-pyrrole nitrogens is 1. The topological polar surface area (TPSA) is 81.2 Å². The molecular formula is C31H30F2N6OS. The van der Waals surface area contributed by atoms with Crippen molar-refractivity contribution in [3.63, 3.8) is 0 Å². The molecule has 1 unspecified atom stereocenters. The molecule has 3 aromatic carbocycles. The molecule has 1 atom stereocenters. The Bertz CT molecular complexity index is 1530. The summed E-state index contributed by atoms with van der Waals surface area (Å²) in [5.74, 6) is 0.658. The first-order chi connectivity index (χ1) is 20.0. The van der Waals surface area contributed by atoms with Gasteiger partial charge in [0.2, 0.25) is 0 Å². The largest absolute Gasteiger partial charge is 0.391 e. The first-order valence-corrected chi connectivity index (χ1v) is 14.6. The number of aromatic nitrogens is 4. The minimum atomic E-state index is -0.543. The zero-order chi connectivity index (χ0) is 28.2. The number of hydrogen-bond donors (Lipinski definition) is 2. The zero-order valence-electron chi connectivity index (χ0n) is 22.3. The van der Waals surface area contributed by atoms with E-state index in [1.807, 2.05) is 30.3 Å². The molecule has 1 fully saturated rings. The second-order valence-electron chi connectivity index (χ2n) is 10.1. The number of nitrogens with zero attached hydrogens (tertiary/aromatic N) is 5. The number of aliphatic hydroxyl groups excluding tert-OH is 1. The van der Waals surface area contributed by atoms with E-state index in [-0.39, 0.29) is 17.7 Å². The number of fused-ring (bicyclic) bond motifs is 1. The molecule has 1 saturated heterocycles. The molecule has 0 bridgehead atoms. The fourth-order valence-corrected chi connectivity index (χ4v) is 6.15. The van der Waals surface area contributed by atoms with Gasteiger partial charge in [0.25, 0.3) is 0 Å². The summed E-state index contributed by atoms with van der Waals surface area (Å²) in [5, 5.41) is 11.6. The van der Waals surface area contributed by atoms with Crippen LogP contribution in [0.1, 0.15) is 17.2 Å². The van der Waals surface area contributed by atoms with Gasteiger partial charge in [-0.05, 0) is 35.4 Å². The summed E-state index contributed by atoms with van der Waals surface area (Å²) in [6, 6.07) is 22.8. The van der Waals surface area contributed by atoms with Crippen LogP contribution >= 0.6 is 11.8 Å². The van der Waals surface area contributed by atoms with Gasteiger partial charge in [0.05, 0.1) is 12.1 Å². The predicted octanol–water partition coefficient (Wildman–Crippen LogP) is 5.16. The number of benzene rings is 3. The highest BCUT2D eigenvalue weighted by atomic mass is 32.2. The van der Waals surface area contributed by atoms with Gasteiger partial charge >= 0.3 is 0 Å². The van der Waals surface area contributed by atoms with Gasteiger partial charge in [-0.15, -0.1) is 11.8 Å². The molecule has 6 rings (SSSR count). The van der Waals surface area contributed by atoms with Gasteiger partial charge in [-0.2, -0.15) is 0 Å². The van der Waals surface area contributed by atoms with Crippen molar-refractivity contribution in [1.82, 2.24) is 29.7 Å². The van der Waals surface area contributed by atoms with Crippen LogP contribution in [0.4, 0.5) is 8.78 Å². The monoisotopic (exact) mass is 572 g/mol. The van der Waals surface area contributed by atoms with Crippen molar-refractivity contribution in [3.05, 3.63) is 108 Å². The zero-order valence-corrected chi connectivity index (χ0v) is 23.1. The summed E-state index contributed by atoms with van der Waals surface area (Å²) in [7, 11) is 0. The van der Waals surface area contributed by atoms with Crippen LogP contribution in [0.3, 0.4) is 0 Å². The standard InChI is InChI=1S/C31H30F2N6OS/c32-24-10-6-21(7-11-24)28(22-8-12-25(33)13-9-22)39-16-14-38(15-17-39)18-26(40)19-41-31-27-30(34-20-35-31)37-29(36-27)23-4-2-1-3-5-23/h1-13,20,26,28,40H,14-19H2,(H,34,35,36,37). The summed E-state index contributed by atoms with van der Waals surface area (Å²) in [5.41, 5.74) is 4.27. The number of hydrogen-bond acceptors (Lipinski definition) is 7. The van der Waals surface area contributed by atoms with Crippen LogP contribution in [-0.4, -0.2) is 79.4 Å². The van der Waals surface area contributed by atoms with Crippen LogP contribution in [0, 0.1) is 11.6 Å². The molecule has 0 saturated carbocycles. The van der Waals surface area contributed by atoms with Gasteiger partial charge in [-0.1, -0.05) is 54.6 Å². The Morgan fingerprint density at radius 2 is 1.46 bits per heavy atom. The van der Waals surface area contributed by atoms with Gasteiger partial charge in [0.1, 0.15) is 34.3 Å². The lowest BCUT2D eigenvalue weighted by Crippen LogP contribution is -2.50. The normalized spacial score (nSPS) is 15.5. The lowest BCUT2D eigenvalue weighted by Gasteiger charge is -2.40. The minimum Gasteiger partial charge on any atom is -0.391 e. The van der Waals surface area contributed by atoms with Gasteiger partial charge in [-0.25, -0.2) is 23.7 Å². The van der Waals surface area contributed by atoms with Crippen molar-refractivity contribution >= 4 is 22.9 Å². The van der Waals surface area contributed by atoms with Crippen LogP contribution in [0.15, 0.2) is 90.2 Å². The highest BCUT2D eigenvalue weighted by Gasteiger charge is 2.27. The van der Waals surface area contributed by atoms with E-state index < -0.39 is 6.10 Å². The van der Waals surface area contributed by atoms with Crippen molar-refractivity contribution in [1.29, 1.82) is 0 Å². The molecule has 7 nitrogen and oxygen atoms in total. The number of piperazine rings is 1. The number of rotatable bonds is 9. The SMILES string of the molecule is OC(CSc1ncnc2nc(-c3ccccc3)[nH]c12)CN1CCN(C(c2ccc(F)cc2)c2ccc(F)cc2)CC1. The van der Waals surface area contributed by atoms with Crippen LogP contribution in [-0.2, 0) is 0 Å². The Kier molecular flexibility index (Phi) is 8.33. The summed E-state index contributed by atoms with van der Waals surface area (Å²) in [6.45, 7) is 3.63. The van der Waals surface area contributed by atoms with Gasteiger partial charge in [-0.3, -0.25) is 9.80 Å². The Morgan fingerprint density at radius 3 is 2.10 bits per heavy atom. The second kappa shape index (κ2) is 12.4. The van der Waals surface area contributed by atoms with Crippen LogP contribution in [0.2, 0.25) is 0 Å². The number of imidazole rings is 1. The molecule has 0 spiro atoms. The summed E-state index contributed by atoms with van der Waals surface area (Å²) in [6.07, 6.45) is 0.961. The maximum atomic E-state index is 13.6. The molecule has 1 aliphatic rings. The van der Waals surface area contributed by atoms with E-state index in [4.69, 9.17) is 0 Å². The van der Waals surface area contributed by atoms with Crippen molar-refractivity contribution in [2.24, 2.45) is 0 Å². The lowest BCUT2D eigenvalue weighted by molar-refractivity contribution is 0.0708. The van der Waals surface area contributed by atoms with Crippen molar-refractivity contribution in [2.75, 3.05) is 38.5 Å². The van der Waals surface area contributed by atoms with Crippen LogP contribution < -0.4 is 0 Å². The first kappa shape index (κ1) is 27.5. The highest BCUT2D eigenvalue weighted by molar-refractivity contribution is 7.99. The molecule has 5 aromatic rings. The molecule has 2 aromatic heterocycles. The van der Waals surface area contributed by atoms with Crippen molar-refractivity contribution in [2.45, 2.75) is 17.2 Å². The van der Waals surface area contributed by atoms with Crippen molar-refractivity contribution < 1.29 is 13.9 Å². The third kappa shape index (κ3) is 6.46. The Balaban J connectivity index is 1.07. The van der Waals surface area contributed by atoms with Crippen LogP contribution in [0.25, 0.3) is 22.6 Å². The Morgan fingerprint density at radius 1 is 0.829 bits per heavy atom. The molecule has 0 aliphatic carbocycles. The fourth-order valence-electron chi connectivity index (χ4n) is 5.28. The molecule has 1 aliphatic heterocycles. The van der Waals surface area contributed by atoms with E-state index >= 15 is 0 Å². The van der Waals surface area contributed by atoms with E-state index in [2.05, 4.69) is 29.7 Å². The van der Waals surface area contributed by atoms with Gasteiger partial charge in [0.15, 0.2) is 5.65 Å². The average Bonchev–Trinajstić information content (AvgIpc) is 3.45. The Labute approximate surface area is 241 Å². The number of β-amino-alcohol motifs (C(OH)–C–C–N with tert-alkyl or cyclic N) is 1. The maximum Gasteiger partial charge on any atom is 0.182 e. The minimum absolute atomic E-state index is 0.103. The number of nitrogens with one attached hydrogen (secondary N) is 1. The molecule has 0 radical (unpaired) electrons. The maximum absolute atomic E-state index is 13.6. The molecule has 41 heavy (non-hydrogen) atoms. The van der Waals surface area contributed by atoms with E-state index in [0.717, 1.165) is 59.2 Å². The average molecular weight is 573 g/mol. The van der Waals surface area contributed by atoms with Gasteiger partial charge in [0, 0.05) is 44.0 Å². The van der Waals surface area contributed by atoms with E-state index in [9.17, 15) is 13.9 Å². The molecule has 10 heteroatoms. The number of thioether (sulfide) groups is 1. The summed E-state index contributed by atoms with van der Waals surface area (Å²) < 4.78 is 27.3. The fraction of sp³-hybridized carbons (Fsp3) is 0.258. The van der Waals surface area contributed by atoms with Crippen molar-refractivity contribution in [3.8, 4) is 11.4 Å². The number of aliphatic hydroxyl groups is 1. The second-order valence-corrected chi connectivity index (χ2v) is 11.1. The van der Waals surface area contributed by atoms with Crippen LogP contribution in [0.5, 0.6) is 0 Å². The first-order valence-electron chi connectivity index (χ1n) is 13.6. The number of aromatic amines is 1. The quantitative estimate of drug-likeness (QED) is 0.187. The van der Waals surface area contributed by atoms with E-state index in [0.29, 0.717) is 17.9 Å². The molecule has 210 valence electrons. The number of halogens is 2. The molecular weight excluding hydrogens is 542 g/mol. The van der Waals surface area contributed by atoms with Gasteiger partial charge < -0.3 is 10.1 Å². The highest BCUT2D eigenvalue weighted by Crippen LogP contribution is 2.31. The predicted molar refractivity (Wildman–Crippen MR) is 157 cm³/mol. The smallest absolute Gasteiger partial charge is 0.182 e. The molecule has 2 N–H and O–H groups in total. The lowest BCUT2D eigenvalue weighted by atomic mass is 9.96. The molecule has 3 heterocycles.